The van der Waals surface area contributed by atoms with Gasteiger partial charge in [0.05, 0.1) is 13.2 Å². The van der Waals surface area contributed by atoms with E-state index in [9.17, 15) is 5.11 Å². The molecule has 0 amide bonds. The van der Waals surface area contributed by atoms with Crippen molar-refractivity contribution in [1.82, 2.24) is 5.32 Å². The van der Waals surface area contributed by atoms with Gasteiger partial charge in [-0.3, -0.25) is 0 Å². The number of aryl methyl sites for hydroxylation is 1. The highest BCUT2D eigenvalue weighted by molar-refractivity contribution is 9.10. The minimum Gasteiger partial charge on any atom is -0.490 e. The van der Waals surface area contributed by atoms with Gasteiger partial charge in [-0.25, -0.2) is 0 Å². The summed E-state index contributed by atoms with van der Waals surface area (Å²) in [5, 5.41) is 12.7. The summed E-state index contributed by atoms with van der Waals surface area (Å²) < 4.78 is 12.8. The summed E-state index contributed by atoms with van der Waals surface area (Å²) in [5.74, 6) is 1.45. The molecule has 2 rings (SSSR count). The van der Waals surface area contributed by atoms with Crippen LogP contribution in [0.25, 0.3) is 0 Å². The van der Waals surface area contributed by atoms with Gasteiger partial charge in [-0.05, 0) is 43.5 Å². The summed E-state index contributed by atoms with van der Waals surface area (Å²) in [6.45, 7) is 7.93. The van der Waals surface area contributed by atoms with E-state index in [0.29, 0.717) is 19.8 Å². The van der Waals surface area contributed by atoms with E-state index in [1.807, 2.05) is 25.1 Å². The second-order valence-corrected chi connectivity index (χ2v) is 7.12. The van der Waals surface area contributed by atoms with Crippen LogP contribution in [-0.2, 0) is 13.2 Å². The Balaban J connectivity index is 2.14. The van der Waals surface area contributed by atoms with Crippen molar-refractivity contribution in [2.24, 2.45) is 0 Å². The van der Waals surface area contributed by atoms with Crippen LogP contribution < -0.4 is 14.8 Å². The van der Waals surface area contributed by atoms with E-state index in [1.165, 1.54) is 5.56 Å². The first-order valence-corrected chi connectivity index (χ1v) is 9.84. The molecule has 142 valence electrons. The molecule has 0 fully saturated rings. The maximum absolute atomic E-state index is 9.34. The van der Waals surface area contributed by atoms with Gasteiger partial charge in [0, 0.05) is 17.1 Å². The highest BCUT2D eigenvalue weighted by Crippen LogP contribution is 2.34. The van der Waals surface area contributed by atoms with Gasteiger partial charge in [0.25, 0.3) is 0 Å². The molecular formula is C21H28BrNO3. The number of benzene rings is 2. The number of nitrogens with one attached hydrogen (secondary N) is 1. The van der Waals surface area contributed by atoms with E-state index in [1.54, 1.807) is 0 Å². The van der Waals surface area contributed by atoms with Gasteiger partial charge in [-0.2, -0.15) is 0 Å². The number of hydrogen-bond donors (Lipinski definition) is 2. The van der Waals surface area contributed by atoms with Crippen molar-refractivity contribution in [3.63, 3.8) is 0 Å². The number of hydrogen-bond acceptors (Lipinski definition) is 4. The van der Waals surface area contributed by atoms with Crippen molar-refractivity contribution in [2.45, 2.75) is 46.4 Å². The van der Waals surface area contributed by atoms with Crippen molar-refractivity contribution in [3.05, 3.63) is 57.6 Å². The molecule has 0 aliphatic rings. The molecule has 0 saturated carbocycles. The third-order valence-corrected chi connectivity index (χ3v) is 4.92. The highest BCUT2D eigenvalue weighted by atomic mass is 79.9. The SMILES string of the molecule is CCOc1cc(CNC(CC)CO)c(Br)cc1OCc1cccc(C)c1. The van der Waals surface area contributed by atoms with Gasteiger partial charge in [0.1, 0.15) is 6.61 Å². The molecule has 0 aliphatic heterocycles. The minimum absolute atomic E-state index is 0.0923. The molecule has 2 N–H and O–H groups in total. The quantitative estimate of drug-likeness (QED) is 0.588. The van der Waals surface area contributed by atoms with Crippen LogP contribution in [0.3, 0.4) is 0 Å². The molecule has 5 heteroatoms. The zero-order chi connectivity index (χ0) is 18.9. The molecule has 0 spiro atoms. The molecule has 0 saturated heterocycles. The molecule has 4 nitrogen and oxygen atoms in total. The van der Waals surface area contributed by atoms with Gasteiger partial charge in [-0.1, -0.05) is 52.7 Å². The normalized spacial score (nSPS) is 12.0. The van der Waals surface area contributed by atoms with Crippen molar-refractivity contribution in [2.75, 3.05) is 13.2 Å². The monoisotopic (exact) mass is 421 g/mol. The third-order valence-electron chi connectivity index (χ3n) is 4.18. The Kier molecular flexibility index (Phi) is 8.42. The van der Waals surface area contributed by atoms with E-state index in [0.717, 1.165) is 33.5 Å². The van der Waals surface area contributed by atoms with Crippen LogP contribution in [0.2, 0.25) is 0 Å². The molecule has 0 heterocycles. The fraction of sp³-hybridized carbons (Fsp3) is 0.429. The van der Waals surface area contributed by atoms with Gasteiger partial charge < -0.3 is 19.9 Å². The standard InChI is InChI=1S/C21H28BrNO3/c1-4-18(13-24)23-12-17-10-20(25-5-2)21(11-19(17)22)26-14-16-8-6-7-15(3)9-16/h6-11,18,23-24H,4-5,12-14H2,1-3H3. The molecule has 0 aliphatic carbocycles. The second-order valence-electron chi connectivity index (χ2n) is 6.27. The van der Waals surface area contributed by atoms with E-state index in [2.05, 4.69) is 53.3 Å². The Bertz CT molecular complexity index is 702. The lowest BCUT2D eigenvalue weighted by Gasteiger charge is -2.18. The van der Waals surface area contributed by atoms with Gasteiger partial charge in [0.2, 0.25) is 0 Å². The molecular weight excluding hydrogens is 394 g/mol. The molecule has 0 bridgehead atoms. The van der Waals surface area contributed by atoms with E-state index >= 15 is 0 Å². The molecule has 1 atom stereocenters. The lowest BCUT2D eigenvalue weighted by atomic mass is 10.1. The van der Waals surface area contributed by atoms with Crippen LogP contribution >= 0.6 is 15.9 Å². The van der Waals surface area contributed by atoms with Crippen LogP contribution in [-0.4, -0.2) is 24.4 Å². The summed E-state index contributed by atoms with van der Waals surface area (Å²) in [4.78, 5) is 0. The predicted molar refractivity (Wildman–Crippen MR) is 109 cm³/mol. The smallest absolute Gasteiger partial charge is 0.162 e. The average molecular weight is 422 g/mol. The van der Waals surface area contributed by atoms with Crippen LogP contribution in [0, 0.1) is 6.92 Å². The number of aliphatic hydroxyl groups is 1. The first-order valence-electron chi connectivity index (χ1n) is 9.05. The van der Waals surface area contributed by atoms with Crippen LogP contribution in [0.4, 0.5) is 0 Å². The van der Waals surface area contributed by atoms with E-state index in [4.69, 9.17) is 9.47 Å². The fourth-order valence-electron chi connectivity index (χ4n) is 2.65. The Labute approximate surface area is 164 Å². The Morgan fingerprint density at radius 2 is 1.88 bits per heavy atom. The third kappa shape index (κ3) is 6.01. The van der Waals surface area contributed by atoms with Gasteiger partial charge in [-0.15, -0.1) is 0 Å². The largest absolute Gasteiger partial charge is 0.490 e. The zero-order valence-electron chi connectivity index (χ0n) is 15.7. The topological polar surface area (TPSA) is 50.7 Å². The van der Waals surface area contributed by atoms with Crippen LogP contribution in [0.15, 0.2) is 40.9 Å². The van der Waals surface area contributed by atoms with Crippen LogP contribution in [0.5, 0.6) is 11.5 Å². The average Bonchev–Trinajstić information content (AvgIpc) is 2.63. The molecule has 2 aromatic carbocycles. The lowest BCUT2D eigenvalue weighted by molar-refractivity contribution is 0.238. The molecule has 2 aromatic rings. The summed E-state index contributed by atoms with van der Waals surface area (Å²) in [7, 11) is 0. The Morgan fingerprint density at radius 1 is 1.12 bits per heavy atom. The summed E-state index contributed by atoms with van der Waals surface area (Å²) in [6.07, 6.45) is 0.879. The minimum atomic E-state index is 0.0923. The van der Waals surface area contributed by atoms with Crippen molar-refractivity contribution >= 4 is 15.9 Å². The highest BCUT2D eigenvalue weighted by Gasteiger charge is 2.13. The zero-order valence-corrected chi connectivity index (χ0v) is 17.3. The van der Waals surface area contributed by atoms with Crippen LogP contribution in [0.1, 0.15) is 37.0 Å². The Hall–Kier alpha value is -1.56. The van der Waals surface area contributed by atoms with E-state index < -0.39 is 0 Å². The van der Waals surface area contributed by atoms with Crippen molar-refractivity contribution in [3.8, 4) is 11.5 Å². The lowest BCUT2D eigenvalue weighted by Crippen LogP contribution is -2.31. The number of rotatable bonds is 10. The molecule has 1 unspecified atom stereocenters. The van der Waals surface area contributed by atoms with Crippen molar-refractivity contribution < 1.29 is 14.6 Å². The molecule has 26 heavy (non-hydrogen) atoms. The number of aliphatic hydroxyl groups excluding tert-OH is 1. The first kappa shape index (κ1) is 20.7. The summed E-state index contributed by atoms with van der Waals surface area (Å²) in [6, 6.07) is 12.3. The second kappa shape index (κ2) is 10.6. The molecule has 0 aromatic heterocycles. The van der Waals surface area contributed by atoms with Crippen molar-refractivity contribution in [1.29, 1.82) is 0 Å². The van der Waals surface area contributed by atoms with E-state index in [-0.39, 0.29) is 12.6 Å². The van der Waals surface area contributed by atoms with Gasteiger partial charge in [0.15, 0.2) is 11.5 Å². The fourth-order valence-corrected chi connectivity index (χ4v) is 3.11. The molecule has 0 radical (unpaired) electrons. The number of ether oxygens (including phenoxy) is 2. The maximum Gasteiger partial charge on any atom is 0.162 e. The summed E-state index contributed by atoms with van der Waals surface area (Å²) >= 11 is 3.63. The Morgan fingerprint density at radius 3 is 2.54 bits per heavy atom. The number of halogens is 1. The van der Waals surface area contributed by atoms with Gasteiger partial charge >= 0.3 is 0 Å². The summed E-state index contributed by atoms with van der Waals surface area (Å²) in [5.41, 5.74) is 3.42. The predicted octanol–water partition coefficient (Wildman–Crippen LogP) is 4.60. The first-order chi connectivity index (χ1) is 12.6. The maximum atomic E-state index is 9.34.